The van der Waals surface area contributed by atoms with Crippen molar-refractivity contribution in [1.82, 2.24) is 0 Å². The zero-order valence-corrected chi connectivity index (χ0v) is 16.6. The zero-order chi connectivity index (χ0) is 17.1. The Morgan fingerprint density at radius 3 is 2.48 bits per heavy atom. The van der Waals surface area contributed by atoms with Gasteiger partial charge in [-0.25, -0.2) is 0 Å². The minimum atomic E-state index is -1.73. The van der Waals surface area contributed by atoms with Crippen LogP contribution in [0.3, 0.4) is 0 Å². The van der Waals surface area contributed by atoms with Gasteiger partial charge in [0, 0.05) is 11.8 Å². The molecule has 3 nitrogen and oxygen atoms in total. The molecule has 0 radical (unpaired) electrons. The van der Waals surface area contributed by atoms with Crippen molar-refractivity contribution in [2.45, 2.75) is 76.7 Å². The molecule has 1 saturated carbocycles. The third kappa shape index (κ3) is 4.74. The van der Waals surface area contributed by atoms with Gasteiger partial charge in [-0.1, -0.05) is 39.7 Å². The van der Waals surface area contributed by atoms with Crippen LogP contribution in [0.25, 0.3) is 0 Å². The van der Waals surface area contributed by atoms with Gasteiger partial charge in [-0.15, -0.1) is 0 Å². The van der Waals surface area contributed by atoms with Crippen LogP contribution in [0.4, 0.5) is 5.69 Å². The van der Waals surface area contributed by atoms with E-state index >= 15 is 0 Å². The van der Waals surface area contributed by atoms with Crippen LogP contribution in [0.1, 0.15) is 46.5 Å². The van der Waals surface area contributed by atoms with Gasteiger partial charge in [0.15, 0.2) is 8.32 Å². The van der Waals surface area contributed by atoms with E-state index in [1.165, 1.54) is 19.3 Å². The fourth-order valence-electron chi connectivity index (χ4n) is 2.89. The van der Waals surface area contributed by atoms with Gasteiger partial charge in [0.2, 0.25) is 0 Å². The number of benzene rings is 1. The Bertz CT molecular complexity index is 510. The standard InChI is InChI=1S/C19H33NO2Si/c1-19(2,3)23(5,6)22-18-13-8-7-12-17(18)20-15-10-9-11-16(14-15)21-4/h9-11,14,17-18,20H,7-8,12-13H2,1-6H3/t17-,18-/m0/s1. The molecule has 4 heteroatoms. The lowest BCUT2D eigenvalue weighted by Gasteiger charge is -2.43. The number of rotatable bonds is 5. The number of methoxy groups -OCH3 is 1. The van der Waals surface area contributed by atoms with Gasteiger partial charge in [0.1, 0.15) is 5.75 Å². The molecular weight excluding hydrogens is 302 g/mol. The summed E-state index contributed by atoms with van der Waals surface area (Å²) >= 11 is 0. The molecule has 130 valence electrons. The van der Waals surface area contributed by atoms with Crippen LogP contribution in [-0.2, 0) is 4.43 Å². The third-order valence-electron chi connectivity index (χ3n) is 5.38. The average molecular weight is 336 g/mol. The molecule has 0 amide bonds. The molecule has 0 bridgehead atoms. The van der Waals surface area contributed by atoms with Crippen LogP contribution >= 0.6 is 0 Å². The number of nitrogens with one attached hydrogen (secondary N) is 1. The van der Waals surface area contributed by atoms with Gasteiger partial charge < -0.3 is 14.5 Å². The monoisotopic (exact) mass is 335 g/mol. The number of hydrogen-bond donors (Lipinski definition) is 1. The molecule has 0 spiro atoms. The van der Waals surface area contributed by atoms with Crippen LogP contribution < -0.4 is 10.1 Å². The van der Waals surface area contributed by atoms with Crippen molar-refractivity contribution >= 4 is 14.0 Å². The molecule has 1 aliphatic rings. The van der Waals surface area contributed by atoms with Crippen LogP contribution in [0, 0.1) is 0 Å². The van der Waals surface area contributed by atoms with Crippen molar-refractivity contribution in [3.63, 3.8) is 0 Å². The number of ether oxygens (including phenoxy) is 1. The van der Waals surface area contributed by atoms with E-state index in [1.807, 2.05) is 12.1 Å². The molecule has 0 saturated heterocycles. The predicted molar refractivity (Wildman–Crippen MR) is 101 cm³/mol. The van der Waals surface area contributed by atoms with Gasteiger partial charge in [0.05, 0.1) is 19.3 Å². The van der Waals surface area contributed by atoms with Crippen LogP contribution in [0.2, 0.25) is 18.1 Å². The Morgan fingerprint density at radius 2 is 1.83 bits per heavy atom. The molecule has 2 rings (SSSR count). The lowest BCUT2D eigenvalue weighted by atomic mass is 9.92. The maximum atomic E-state index is 6.73. The fraction of sp³-hybridized carbons (Fsp3) is 0.684. The van der Waals surface area contributed by atoms with Crippen molar-refractivity contribution in [3.8, 4) is 5.75 Å². The first-order valence-electron chi connectivity index (χ1n) is 8.81. The summed E-state index contributed by atoms with van der Waals surface area (Å²) in [7, 11) is -0.0224. The normalized spacial score (nSPS) is 22.7. The summed E-state index contributed by atoms with van der Waals surface area (Å²) in [6, 6.07) is 8.59. The molecule has 1 aromatic carbocycles. The highest BCUT2D eigenvalue weighted by atomic mass is 28.4. The molecule has 1 fully saturated rings. The van der Waals surface area contributed by atoms with E-state index < -0.39 is 8.32 Å². The maximum Gasteiger partial charge on any atom is 0.192 e. The Balaban J connectivity index is 2.09. The second-order valence-corrected chi connectivity index (χ2v) is 12.9. The lowest BCUT2D eigenvalue weighted by molar-refractivity contribution is 0.124. The molecule has 1 N–H and O–H groups in total. The summed E-state index contributed by atoms with van der Waals surface area (Å²) in [5, 5.41) is 3.95. The quantitative estimate of drug-likeness (QED) is 0.727. The molecule has 23 heavy (non-hydrogen) atoms. The van der Waals surface area contributed by atoms with Gasteiger partial charge >= 0.3 is 0 Å². The molecule has 1 aromatic rings. The van der Waals surface area contributed by atoms with Crippen molar-refractivity contribution in [3.05, 3.63) is 24.3 Å². The van der Waals surface area contributed by atoms with E-state index in [9.17, 15) is 0 Å². The number of anilines is 1. The molecule has 0 aliphatic heterocycles. The predicted octanol–water partition coefficient (Wildman–Crippen LogP) is 5.44. The van der Waals surface area contributed by atoms with Crippen molar-refractivity contribution in [2.75, 3.05) is 12.4 Å². The van der Waals surface area contributed by atoms with Gasteiger partial charge in [-0.3, -0.25) is 0 Å². The Labute approximate surface area is 142 Å². The SMILES string of the molecule is COc1cccc(N[C@H]2CCCC[C@@H]2O[Si](C)(C)C(C)(C)C)c1. The summed E-state index contributed by atoms with van der Waals surface area (Å²) in [5.41, 5.74) is 1.13. The Morgan fingerprint density at radius 1 is 1.13 bits per heavy atom. The zero-order valence-electron chi connectivity index (χ0n) is 15.6. The van der Waals surface area contributed by atoms with Crippen LogP contribution in [0.15, 0.2) is 24.3 Å². The smallest absolute Gasteiger partial charge is 0.192 e. The largest absolute Gasteiger partial charge is 0.497 e. The number of hydrogen-bond acceptors (Lipinski definition) is 3. The molecule has 0 aromatic heterocycles. The fourth-order valence-corrected chi connectivity index (χ4v) is 4.28. The average Bonchev–Trinajstić information content (AvgIpc) is 2.48. The second-order valence-electron chi connectivity index (χ2n) is 8.18. The van der Waals surface area contributed by atoms with E-state index in [4.69, 9.17) is 9.16 Å². The van der Waals surface area contributed by atoms with Crippen LogP contribution in [-0.4, -0.2) is 27.6 Å². The third-order valence-corrected chi connectivity index (χ3v) is 9.88. The Hall–Kier alpha value is -1.00. The second kappa shape index (κ2) is 7.26. The maximum absolute atomic E-state index is 6.73. The van der Waals surface area contributed by atoms with Crippen molar-refractivity contribution < 1.29 is 9.16 Å². The van der Waals surface area contributed by atoms with Gasteiger partial charge in [-0.05, 0) is 43.1 Å². The molecule has 0 unspecified atom stereocenters. The summed E-state index contributed by atoms with van der Waals surface area (Å²) in [5.74, 6) is 0.896. The minimum absolute atomic E-state index is 0.255. The minimum Gasteiger partial charge on any atom is -0.497 e. The van der Waals surface area contributed by atoms with E-state index in [0.717, 1.165) is 17.9 Å². The highest BCUT2D eigenvalue weighted by molar-refractivity contribution is 6.74. The molecule has 0 heterocycles. The van der Waals surface area contributed by atoms with Gasteiger partial charge in [0.25, 0.3) is 0 Å². The van der Waals surface area contributed by atoms with Crippen molar-refractivity contribution in [1.29, 1.82) is 0 Å². The summed E-state index contributed by atoms with van der Waals surface area (Å²) in [6.45, 7) is 11.6. The van der Waals surface area contributed by atoms with E-state index in [2.05, 4.69) is 51.3 Å². The van der Waals surface area contributed by atoms with Crippen molar-refractivity contribution in [2.24, 2.45) is 0 Å². The highest BCUT2D eigenvalue weighted by Crippen LogP contribution is 2.39. The van der Waals surface area contributed by atoms with Crippen LogP contribution in [0.5, 0.6) is 5.75 Å². The van der Waals surface area contributed by atoms with Gasteiger partial charge in [-0.2, -0.15) is 0 Å². The molecule has 2 atom stereocenters. The van der Waals surface area contributed by atoms with E-state index in [1.54, 1.807) is 7.11 Å². The van der Waals surface area contributed by atoms with E-state index in [-0.39, 0.29) is 5.04 Å². The van der Waals surface area contributed by atoms with E-state index in [0.29, 0.717) is 12.1 Å². The summed E-state index contributed by atoms with van der Waals surface area (Å²) < 4.78 is 12.1. The summed E-state index contributed by atoms with van der Waals surface area (Å²) in [4.78, 5) is 0. The summed E-state index contributed by atoms with van der Waals surface area (Å²) in [6.07, 6.45) is 5.20. The first kappa shape index (κ1) is 18.3. The topological polar surface area (TPSA) is 30.5 Å². The lowest BCUT2D eigenvalue weighted by Crippen LogP contribution is -2.49. The first-order valence-corrected chi connectivity index (χ1v) is 11.7. The highest BCUT2D eigenvalue weighted by Gasteiger charge is 2.41. The first-order chi connectivity index (χ1) is 10.7. The molecular formula is C19H33NO2Si. The molecule has 1 aliphatic carbocycles. The Kier molecular flexibility index (Phi) is 5.79.